The van der Waals surface area contributed by atoms with Crippen LogP contribution in [0.2, 0.25) is 0 Å². The van der Waals surface area contributed by atoms with Gasteiger partial charge in [0.2, 0.25) is 5.78 Å². The number of allylic oxidation sites excluding steroid dienone is 1. The highest BCUT2D eigenvalue weighted by Crippen LogP contribution is 2.40. The van der Waals surface area contributed by atoms with Gasteiger partial charge in [-0.25, -0.2) is 0 Å². The number of nitrogens with zero attached hydrogens (tertiary/aromatic N) is 1. The molecule has 1 unspecified atom stereocenters. The maximum atomic E-state index is 12.9. The fraction of sp³-hybridized carbons (Fsp3) is 0.167. The number of nitrogens with one attached hydrogen (secondary N) is 1. The molecule has 1 atom stereocenters. The lowest BCUT2D eigenvalue weighted by Crippen LogP contribution is -3.06. The Morgan fingerprint density at radius 2 is 1.83 bits per heavy atom. The topological polar surface area (TPSA) is 66.7 Å². The first-order valence-electron chi connectivity index (χ1n) is 9.56. The number of rotatable bonds is 5. The second kappa shape index (κ2) is 7.89. The molecule has 1 aliphatic heterocycles. The van der Waals surface area contributed by atoms with Gasteiger partial charge < -0.3 is 14.7 Å². The lowest BCUT2D eigenvalue weighted by Gasteiger charge is -2.21. The van der Waals surface area contributed by atoms with E-state index in [1.807, 2.05) is 25.2 Å². The maximum absolute atomic E-state index is 12.9. The molecule has 1 N–H and O–H groups in total. The molecule has 1 aromatic heterocycles. The summed E-state index contributed by atoms with van der Waals surface area (Å²) in [6, 6.07) is 15.3. The summed E-state index contributed by atoms with van der Waals surface area (Å²) in [5.74, 6) is 0.373. The monoisotopic (exact) mass is 386 g/mol. The zero-order chi connectivity index (χ0) is 20.4. The Balaban J connectivity index is 1.65. The van der Waals surface area contributed by atoms with Gasteiger partial charge in [0.05, 0.1) is 12.6 Å². The van der Waals surface area contributed by atoms with Crippen molar-refractivity contribution in [2.75, 3.05) is 7.05 Å². The second-order valence-corrected chi connectivity index (χ2v) is 7.39. The van der Waals surface area contributed by atoms with E-state index in [-0.39, 0.29) is 17.3 Å². The van der Waals surface area contributed by atoms with Crippen LogP contribution in [0.25, 0.3) is 6.08 Å². The first kappa shape index (κ1) is 18.9. The number of benzene rings is 2. The normalized spacial score (nSPS) is 15.2. The number of hydrogen-bond donors (Lipinski definition) is 1. The molecule has 4 rings (SSSR count). The van der Waals surface area contributed by atoms with E-state index in [1.54, 1.807) is 43.6 Å². The average molecular weight is 386 g/mol. The molecule has 5 nitrogen and oxygen atoms in total. The van der Waals surface area contributed by atoms with E-state index >= 15 is 0 Å². The molecule has 1 aliphatic rings. The van der Waals surface area contributed by atoms with E-state index in [1.165, 1.54) is 5.56 Å². The number of aryl methyl sites for hydroxylation is 1. The third-order valence-corrected chi connectivity index (χ3v) is 5.03. The number of ketones is 1. The minimum Gasteiger partial charge on any atom is -0.872 e. The van der Waals surface area contributed by atoms with E-state index in [4.69, 9.17) is 4.74 Å². The van der Waals surface area contributed by atoms with Crippen LogP contribution in [0.1, 0.15) is 32.6 Å². The van der Waals surface area contributed by atoms with Gasteiger partial charge in [-0.05, 0) is 36.3 Å². The minimum absolute atomic E-state index is 0.0911. The standard InChI is InChI=1S/C24H22N2O3/c1-16-12-20(27)19(15-26(2)14-18-6-4-3-5-7-18)24-22(16)23(28)21(29-24)13-17-8-10-25-11-9-17/h3-13,27H,14-15H2,1-2H3/b21-13-. The highest BCUT2D eigenvalue weighted by molar-refractivity contribution is 6.15. The van der Waals surface area contributed by atoms with Crippen LogP contribution in [0, 0.1) is 6.92 Å². The van der Waals surface area contributed by atoms with Crippen molar-refractivity contribution in [3.8, 4) is 11.5 Å². The number of hydrogen-bond acceptors (Lipinski definition) is 4. The summed E-state index contributed by atoms with van der Waals surface area (Å²) < 4.78 is 5.94. The van der Waals surface area contributed by atoms with Gasteiger partial charge in [0.1, 0.15) is 18.8 Å². The predicted molar refractivity (Wildman–Crippen MR) is 109 cm³/mol. The van der Waals surface area contributed by atoms with Crippen LogP contribution in [0.4, 0.5) is 0 Å². The predicted octanol–water partition coefficient (Wildman–Crippen LogP) is 2.29. The molecule has 2 heterocycles. The summed E-state index contributed by atoms with van der Waals surface area (Å²) in [6.45, 7) is 3.03. The minimum atomic E-state index is -0.184. The fourth-order valence-corrected chi connectivity index (χ4v) is 3.65. The van der Waals surface area contributed by atoms with Gasteiger partial charge in [-0.3, -0.25) is 9.78 Å². The van der Waals surface area contributed by atoms with Crippen molar-refractivity contribution in [1.82, 2.24) is 4.98 Å². The SMILES string of the molecule is Cc1cc([O-])c(C[NH+](C)Cc2ccccc2)c2c1C(=O)/C(=C/c1ccncc1)O2. The molecule has 0 saturated heterocycles. The molecule has 0 amide bonds. The quantitative estimate of drug-likeness (QED) is 0.684. The highest BCUT2D eigenvalue weighted by Gasteiger charge is 2.32. The number of carbonyl (C=O) groups excluding carboxylic acids is 1. The molecule has 0 saturated carbocycles. The zero-order valence-corrected chi connectivity index (χ0v) is 16.4. The van der Waals surface area contributed by atoms with Gasteiger partial charge in [-0.15, -0.1) is 0 Å². The molecule has 2 aromatic carbocycles. The van der Waals surface area contributed by atoms with E-state index in [9.17, 15) is 9.90 Å². The summed E-state index contributed by atoms with van der Waals surface area (Å²) >= 11 is 0. The summed E-state index contributed by atoms with van der Waals surface area (Å²) in [5, 5.41) is 12.7. The summed E-state index contributed by atoms with van der Waals surface area (Å²) in [4.78, 5) is 18.1. The van der Waals surface area contributed by atoms with Gasteiger partial charge in [0.15, 0.2) is 5.76 Å². The van der Waals surface area contributed by atoms with Crippen molar-refractivity contribution in [1.29, 1.82) is 0 Å². The molecule has 0 fully saturated rings. The van der Waals surface area contributed by atoms with E-state index in [2.05, 4.69) is 17.1 Å². The van der Waals surface area contributed by atoms with Crippen LogP contribution >= 0.6 is 0 Å². The van der Waals surface area contributed by atoms with Crippen LogP contribution in [0.3, 0.4) is 0 Å². The summed E-state index contributed by atoms with van der Waals surface area (Å²) in [5.41, 5.74) is 3.71. The smallest absolute Gasteiger partial charge is 0.232 e. The largest absolute Gasteiger partial charge is 0.872 e. The van der Waals surface area contributed by atoms with Crippen LogP contribution in [0.5, 0.6) is 11.5 Å². The second-order valence-electron chi connectivity index (χ2n) is 7.39. The van der Waals surface area contributed by atoms with Crippen molar-refractivity contribution < 1.29 is 19.5 Å². The molecule has 0 spiro atoms. The Hall–Kier alpha value is -3.44. The summed E-state index contributed by atoms with van der Waals surface area (Å²) in [6.07, 6.45) is 5.01. The maximum Gasteiger partial charge on any atom is 0.232 e. The fourth-order valence-electron chi connectivity index (χ4n) is 3.65. The van der Waals surface area contributed by atoms with Crippen LogP contribution in [0.15, 0.2) is 66.7 Å². The van der Waals surface area contributed by atoms with Gasteiger partial charge in [0, 0.05) is 23.5 Å². The number of ether oxygens (including phenoxy) is 1. The molecule has 5 heteroatoms. The van der Waals surface area contributed by atoms with Crippen LogP contribution in [-0.2, 0) is 13.1 Å². The number of Topliss-reactive ketones (excluding diaryl/α,β-unsaturated/α-hetero) is 1. The number of carbonyl (C=O) groups is 1. The Morgan fingerprint density at radius 1 is 1.10 bits per heavy atom. The van der Waals surface area contributed by atoms with E-state index in [0.29, 0.717) is 29.0 Å². The number of fused-ring (bicyclic) bond motifs is 1. The summed E-state index contributed by atoms with van der Waals surface area (Å²) in [7, 11) is 2.03. The molecule has 0 aliphatic carbocycles. The highest BCUT2D eigenvalue weighted by atomic mass is 16.5. The van der Waals surface area contributed by atoms with Crippen molar-refractivity contribution in [3.63, 3.8) is 0 Å². The molecule has 146 valence electrons. The molecule has 0 bridgehead atoms. The number of aromatic nitrogens is 1. The number of quaternary nitrogens is 1. The molecular weight excluding hydrogens is 364 g/mol. The van der Waals surface area contributed by atoms with Crippen molar-refractivity contribution in [3.05, 3.63) is 94.5 Å². The average Bonchev–Trinajstić information content (AvgIpc) is 3.03. The van der Waals surface area contributed by atoms with Crippen molar-refractivity contribution in [2.45, 2.75) is 20.0 Å². The van der Waals surface area contributed by atoms with Crippen molar-refractivity contribution in [2.24, 2.45) is 0 Å². The Morgan fingerprint density at radius 3 is 2.55 bits per heavy atom. The molecular formula is C24H22N2O3. The lowest BCUT2D eigenvalue weighted by atomic mass is 9.99. The van der Waals surface area contributed by atoms with E-state index in [0.717, 1.165) is 17.0 Å². The van der Waals surface area contributed by atoms with Gasteiger partial charge in [-0.1, -0.05) is 42.1 Å². The lowest BCUT2D eigenvalue weighted by molar-refractivity contribution is -0.907. The van der Waals surface area contributed by atoms with Gasteiger partial charge >= 0.3 is 0 Å². The van der Waals surface area contributed by atoms with Crippen molar-refractivity contribution >= 4 is 11.9 Å². The number of pyridine rings is 1. The van der Waals surface area contributed by atoms with Gasteiger partial charge in [0.25, 0.3) is 0 Å². The Bertz CT molecular complexity index is 1080. The Labute approximate surface area is 169 Å². The molecule has 29 heavy (non-hydrogen) atoms. The Kier molecular flexibility index (Phi) is 5.14. The molecule has 3 aromatic rings. The van der Waals surface area contributed by atoms with Crippen LogP contribution < -0.4 is 14.7 Å². The third-order valence-electron chi connectivity index (χ3n) is 5.03. The first-order valence-corrected chi connectivity index (χ1v) is 9.56. The zero-order valence-electron chi connectivity index (χ0n) is 16.4. The third kappa shape index (κ3) is 3.91. The van der Waals surface area contributed by atoms with E-state index < -0.39 is 0 Å². The molecule has 0 radical (unpaired) electrons. The first-order chi connectivity index (χ1) is 14.0. The van der Waals surface area contributed by atoms with Crippen LogP contribution in [-0.4, -0.2) is 17.8 Å². The van der Waals surface area contributed by atoms with Gasteiger partial charge in [-0.2, -0.15) is 0 Å².